The highest BCUT2D eigenvalue weighted by atomic mass is 32.2. The summed E-state index contributed by atoms with van der Waals surface area (Å²) < 4.78 is 32.3. The van der Waals surface area contributed by atoms with Crippen LogP contribution in [0.5, 0.6) is 0 Å². The first-order valence-electron chi connectivity index (χ1n) is 9.92. The maximum atomic E-state index is 12.7. The van der Waals surface area contributed by atoms with Gasteiger partial charge in [0.25, 0.3) is 0 Å². The summed E-state index contributed by atoms with van der Waals surface area (Å²) in [5.41, 5.74) is 0.204. The second-order valence-electron chi connectivity index (χ2n) is 8.14. The van der Waals surface area contributed by atoms with Gasteiger partial charge in [0, 0.05) is 38.8 Å². The smallest absolute Gasteiger partial charge is 0.243 e. The quantitative estimate of drug-likeness (QED) is 0.832. The number of hydrogen-bond acceptors (Lipinski definition) is 4. The van der Waals surface area contributed by atoms with Crippen LogP contribution in [0.15, 0.2) is 35.2 Å². The minimum absolute atomic E-state index is 0.153. The van der Waals surface area contributed by atoms with Gasteiger partial charge in [-0.25, -0.2) is 8.42 Å². The highest BCUT2D eigenvalue weighted by Gasteiger charge is 2.57. The van der Waals surface area contributed by atoms with E-state index in [1.165, 1.54) is 0 Å². The van der Waals surface area contributed by atoms with Gasteiger partial charge < -0.3 is 10.1 Å². The maximum Gasteiger partial charge on any atom is 0.243 e. The number of rotatable bonds is 5. The summed E-state index contributed by atoms with van der Waals surface area (Å²) in [6.45, 7) is 3.24. The fourth-order valence-corrected chi connectivity index (χ4v) is 6.00. The lowest BCUT2D eigenvalue weighted by atomic mass is 9.93. The fraction of sp³-hybridized carbons (Fsp3) is 0.650. The molecule has 0 radical (unpaired) electrons. The van der Waals surface area contributed by atoms with Crippen LogP contribution in [-0.4, -0.2) is 51.5 Å². The van der Waals surface area contributed by atoms with Gasteiger partial charge in [0.15, 0.2) is 0 Å². The van der Waals surface area contributed by atoms with Crippen molar-refractivity contribution in [1.29, 1.82) is 0 Å². The third-order valence-corrected chi connectivity index (χ3v) is 8.43. The van der Waals surface area contributed by atoms with E-state index in [1.54, 1.807) is 28.6 Å². The molecule has 1 spiro atoms. The largest absolute Gasteiger partial charge is 0.381 e. The molecule has 1 saturated carbocycles. The minimum atomic E-state index is -3.40. The predicted molar refractivity (Wildman–Crippen MR) is 102 cm³/mol. The third kappa shape index (κ3) is 3.91. The summed E-state index contributed by atoms with van der Waals surface area (Å²) in [7, 11) is -3.40. The number of sulfonamides is 1. The Balaban J connectivity index is 1.24. The summed E-state index contributed by atoms with van der Waals surface area (Å²) in [4.78, 5) is 12.8. The minimum Gasteiger partial charge on any atom is -0.381 e. The summed E-state index contributed by atoms with van der Waals surface area (Å²) in [5, 5.41) is 3.12. The fourth-order valence-electron chi connectivity index (χ4n) is 4.51. The van der Waals surface area contributed by atoms with Gasteiger partial charge in [0.1, 0.15) is 0 Å². The van der Waals surface area contributed by atoms with Crippen LogP contribution >= 0.6 is 0 Å². The lowest BCUT2D eigenvalue weighted by Crippen LogP contribution is -2.42. The number of amides is 1. The van der Waals surface area contributed by atoms with E-state index in [0.717, 1.165) is 45.3 Å². The Morgan fingerprint density at radius 2 is 1.81 bits per heavy atom. The zero-order valence-corrected chi connectivity index (χ0v) is 16.4. The van der Waals surface area contributed by atoms with Crippen LogP contribution in [0, 0.1) is 17.3 Å². The zero-order chi connectivity index (χ0) is 18.9. The highest BCUT2D eigenvalue weighted by molar-refractivity contribution is 7.89. The van der Waals surface area contributed by atoms with Crippen LogP contribution in [0.3, 0.4) is 0 Å². The van der Waals surface area contributed by atoms with E-state index >= 15 is 0 Å². The van der Waals surface area contributed by atoms with E-state index in [2.05, 4.69) is 5.32 Å². The Bertz CT molecular complexity index is 766. The van der Waals surface area contributed by atoms with Crippen LogP contribution in [-0.2, 0) is 19.6 Å². The first-order chi connectivity index (χ1) is 13.0. The Labute approximate surface area is 161 Å². The van der Waals surface area contributed by atoms with Gasteiger partial charge in [-0.15, -0.1) is 0 Å². The average Bonchev–Trinajstić information content (AvgIpc) is 3.40. The molecule has 6 nitrogen and oxygen atoms in total. The summed E-state index contributed by atoms with van der Waals surface area (Å²) in [6, 6.07) is 8.60. The van der Waals surface area contributed by atoms with Gasteiger partial charge in [-0.2, -0.15) is 4.31 Å². The molecule has 1 N–H and O–H groups in total. The van der Waals surface area contributed by atoms with Crippen molar-refractivity contribution in [2.75, 3.05) is 32.8 Å². The molecule has 148 valence electrons. The number of hydrogen-bond donors (Lipinski definition) is 1. The Morgan fingerprint density at radius 3 is 2.48 bits per heavy atom. The highest BCUT2D eigenvalue weighted by Crippen LogP contribution is 2.59. The molecular weight excluding hydrogens is 364 g/mol. The lowest BCUT2D eigenvalue weighted by Gasteiger charge is -2.31. The Morgan fingerprint density at radius 1 is 1.15 bits per heavy atom. The molecule has 1 unspecified atom stereocenters. The van der Waals surface area contributed by atoms with Gasteiger partial charge in [-0.05, 0) is 55.6 Å². The van der Waals surface area contributed by atoms with Gasteiger partial charge in [0.2, 0.25) is 15.9 Å². The van der Waals surface area contributed by atoms with Crippen LogP contribution in [0.4, 0.5) is 0 Å². The third-order valence-electron chi connectivity index (χ3n) is 6.51. The second kappa shape index (κ2) is 7.53. The van der Waals surface area contributed by atoms with Crippen molar-refractivity contribution in [1.82, 2.24) is 9.62 Å². The van der Waals surface area contributed by atoms with Crippen molar-refractivity contribution in [2.24, 2.45) is 17.3 Å². The molecule has 1 aromatic rings. The Hall–Kier alpha value is -1.44. The molecule has 4 rings (SSSR count). The number of nitrogens with one attached hydrogen (secondary N) is 1. The first kappa shape index (κ1) is 18.9. The number of nitrogens with zero attached hydrogens (tertiary/aromatic N) is 1. The predicted octanol–water partition coefficient (Wildman–Crippen LogP) is 2.02. The maximum absolute atomic E-state index is 12.7. The Kier molecular flexibility index (Phi) is 5.27. The topological polar surface area (TPSA) is 75.7 Å². The summed E-state index contributed by atoms with van der Waals surface area (Å²) in [6.07, 6.45) is 4.57. The van der Waals surface area contributed by atoms with Crippen LogP contribution in [0.2, 0.25) is 0 Å². The first-order valence-corrected chi connectivity index (χ1v) is 11.4. The van der Waals surface area contributed by atoms with Crippen LogP contribution in [0.1, 0.15) is 32.1 Å². The molecule has 0 bridgehead atoms. The number of carbonyl (C=O) groups is 1. The van der Waals surface area contributed by atoms with Crippen molar-refractivity contribution < 1.29 is 17.9 Å². The van der Waals surface area contributed by atoms with Crippen molar-refractivity contribution in [3.05, 3.63) is 30.3 Å². The molecule has 1 amide bonds. The number of ether oxygens (including phenoxy) is 1. The molecule has 1 aromatic carbocycles. The van der Waals surface area contributed by atoms with E-state index in [-0.39, 0.29) is 17.2 Å². The monoisotopic (exact) mass is 392 g/mol. The molecule has 7 heteroatoms. The van der Waals surface area contributed by atoms with Crippen molar-refractivity contribution in [3.63, 3.8) is 0 Å². The van der Waals surface area contributed by atoms with Crippen molar-refractivity contribution >= 4 is 15.9 Å². The van der Waals surface area contributed by atoms with E-state index < -0.39 is 10.0 Å². The van der Waals surface area contributed by atoms with Gasteiger partial charge in [-0.1, -0.05) is 18.2 Å². The zero-order valence-electron chi connectivity index (χ0n) is 15.6. The SMILES string of the molecule is O=C(NCC1CCN(S(=O)(=O)c2ccccc2)CC1)C1CC12CCOCC2. The second-order valence-corrected chi connectivity index (χ2v) is 10.1. The number of benzene rings is 1. The standard InChI is InChI=1S/C20H28N2O4S/c23-19(18-14-20(18)8-12-26-13-9-20)21-15-16-6-10-22(11-7-16)27(24,25)17-4-2-1-3-5-17/h1-5,16,18H,6-15H2,(H,21,23). The molecule has 1 atom stereocenters. The van der Waals surface area contributed by atoms with Gasteiger partial charge in [0.05, 0.1) is 4.90 Å². The van der Waals surface area contributed by atoms with E-state index in [0.29, 0.717) is 30.4 Å². The molecule has 0 aromatic heterocycles. The molecule has 1 aliphatic carbocycles. The van der Waals surface area contributed by atoms with E-state index in [9.17, 15) is 13.2 Å². The molecule has 2 heterocycles. The molecule has 2 aliphatic heterocycles. The molecule has 3 aliphatic rings. The van der Waals surface area contributed by atoms with Gasteiger partial charge >= 0.3 is 0 Å². The average molecular weight is 393 g/mol. The molecular formula is C20H28N2O4S. The van der Waals surface area contributed by atoms with Gasteiger partial charge in [-0.3, -0.25) is 4.79 Å². The number of piperidine rings is 1. The van der Waals surface area contributed by atoms with Crippen LogP contribution in [0.25, 0.3) is 0 Å². The number of carbonyl (C=O) groups excluding carboxylic acids is 1. The summed E-state index contributed by atoms with van der Waals surface area (Å²) in [5.74, 6) is 0.678. The van der Waals surface area contributed by atoms with Crippen molar-refractivity contribution in [2.45, 2.75) is 37.0 Å². The van der Waals surface area contributed by atoms with E-state index in [4.69, 9.17) is 4.74 Å². The molecule has 3 fully saturated rings. The van der Waals surface area contributed by atoms with Crippen LogP contribution < -0.4 is 5.32 Å². The summed E-state index contributed by atoms with van der Waals surface area (Å²) >= 11 is 0. The van der Waals surface area contributed by atoms with E-state index in [1.807, 2.05) is 6.07 Å². The normalized spacial score (nSPS) is 26.0. The lowest BCUT2D eigenvalue weighted by molar-refractivity contribution is -0.123. The molecule has 2 saturated heterocycles. The molecule has 27 heavy (non-hydrogen) atoms. The van der Waals surface area contributed by atoms with Crippen molar-refractivity contribution in [3.8, 4) is 0 Å².